The Bertz CT molecular complexity index is 417. The summed E-state index contributed by atoms with van der Waals surface area (Å²) >= 11 is 0. The Balaban J connectivity index is 2.62. The largest absolute Gasteiger partial charge is 0.330 e. The van der Waals surface area contributed by atoms with Crippen molar-refractivity contribution < 1.29 is 8.42 Å². The van der Waals surface area contributed by atoms with Crippen LogP contribution in [-0.4, -0.2) is 21.5 Å². The van der Waals surface area contributed by atoms with Crippen LogP contribution in [0.1, 0.15) is 19.8 Å². The van der Waals surface area contributed by atoms with Gasteiger partial charge < -0.3 is 5.73 Å². The molecule has 0 bridgehead atoms. The lowest BCUT2D eigenvalue weighted by atomic mass is 10.0. The monoisotopic (exact) mass is 256 g/mol. The normalized spacial score (nSPS) is 13.5. The van der Waals surface area contributed by atoms with Crippen LogP contribution < -0.4 is 10.5 Å². The van der Waals surface area contributed by atoms with Gasteiger partial charge in [-0.25, -0.2) is 13.1 Å². The maximum Gasteiger partial charge on any atom is 0.240 e. The second-order valence-electron chi connectivity index (χ2n) is 4.02. The molecule has 0 aliphatic carbocycles. The molecule has 1 atom stereocenters. The average molecular weight is 256 g/mol. The van der Waals surface area contributed by atoms with E-state index >= 15 is 0 Å². The van der Waals surface area contributed by atoms with Crippen LogP contribution in [0.25, 0.3) is 0 Å². The topological polar surface area (TPSA) is 72.2 Å². The quantitative estimate of drug-likeness (QED) is 0.773. The number of hydrogen-bond donors (Lipinski definition) is 2. The molecule has 1 aromatic carbocycles. The molecule has 17 heavy (non-hydrogen) atoms. The highest BCUT2D eigenvalue weighted by molar-refractivity contribution is 7.89. The first kappa shape index (κ1) is 14.2. The summed E-state index contributed by atoms with van der Waals surface area (Å²) in [5, 5.41) is 0. The molecule has 0 heterocycles. The van der Waals surface area contributed by atoms with Crippen LogP contribution in [0.3, 0.4) is 0 Å². The minimum atomic E-state index is -3.37. The highest BCUT2D eigenvalue weighted by Gasteiger charge is 2.15. The summed E-state index contributed by atoms with van der Waals surface area (Å²) in [4.78, 5) is 0.308. The third-order valence-corrected chi connectivity index (χ3v) is 4.21. The second kappa shape index (κ2) is 6.74. The molecule has 0 aliphatic rings. The van der Waals surface area contributed by atoms with Crippen molar-refractivity contribution in [3.63, 3.8) is 0 Å². The summed E-state index contributed by atoms with van der Waals surface area (Å²) in [6.07, 6.45) is 1.77. The molecule has 0 amide bonds. The Morgan fingerprint density at radius 1 is 1.29 bits per heavy atom. The van der Waals surface area contributed by atoms with E-state index < -0.39 is 10.0 Å². The minimum Gasteiger partial charge on any atom is -0.330 e. The average Bonchev–Trinajstić information content (AvgIpc) is 2.35. The lowest BCUT2D eigenvalue weighted by Gasteiger charge is -2.14. The van der Waals surface area contributed by atoms with Crippen molar-refractivity contribution in [2.75, 3.05) is 13.1 Å². The van der Waals surface area contributed by atoms with Crippen molar-refractivity contribution in [3.05, 3.63) is 30.3 Å². The molecule has 0 aromatic heterocycles. The standard InChI is InChI=1S/C12H20N2O2S/c1-2-11(8-9-13)10-14-17(15,16)12-6-4-3-5-7-12/h3-7,11,14H,2,8-10,13H2,1H3. The van der Waals surface area contributed by atoms with Crippen molar-refractivity contribution in [2.45, 2.75) is 24.7 Å². The van der Waals surface area contributed by atoms with Gasteiger partial charge in [-0.1, -0.05) is 31.5 Å². The smallest absolute Gasteiger partial charge is 0.240 e. The molecule has 0 saturated carbocycles. The van der Waals surface area contributed by atoms with E-state index in [1.165, 1.54) is 0 Å². The first-order valence-electron chi connectivity index (χ1n) is 5.85. The molecule has 0 spiro atoms. The highest BCUT2D eigenvalue weighted by Crippen LogP contribution is 2.10. The molecular formula is C12H20N2O2S. The van der Waals surface area contributed by atoms with Gasteiger partial charge in [0.25, 0.3) is 0 Å². The minimum absolute atomic E-state index is 0.304. The van der Waals surface area contributed by atoms with Crippen molar-refractivity contribution in [3.8, 4) is 0 Å². The van der Waals surface area contributed by atoms with Crippen LogP contribution >= 0.6 is 0 Å². The predicted molar refractivity (Wildman–Crippen MR) is 69.1 cm³/mol. The Hall–Kier alpha value is -0.910. The van der Waals surface area contributed by atoms with Gasteiger partial charge in [0.05, 0.1) is 4.90 Å². The second-order valence-corrected chi connectivity index (χ2v) is 5.78. The predicted octanol–water partition coefficient (Wildman–Crippen LogP) is 1.34. The van der Waals surface area contributed by atoms with E-state index in [1.807, 2.05) is 6.92 Å². The molecule has 1 rings (SSSR count). The van der Waals surface area contributed by atoms with Crippen molar-refractivity contribution in [2.24, 2.45) is 11.7 Å². The molecule has 96 valence electrons. The number of benzene rings is 1. The molecule has 1 aromatic rings. The van der Waals surface area contributed by atoms with Crippen molar-refractivity contribution in [1.29, 1.82) is 0 Å². The van der Waals surface area contributed by atoms with E-state index in [-0.39, 0.29) is 0 Å². The first-order chi connectivity index (χ1) is 8.10. The number of sulfonamides is 1. The molecule has 0 radical (unpaired) electrons. The van der Waals surface area contributed by atoms with Crippen molar-refractivity contribution >= 4 is 10.0 Å². The van der Waals surface area contributed by atoms with E-state index in [4.69, 9.17) is 5.73 Å². The zero-order valence-electron chi connectivity index (χ0n) is 10.1. The Morgan fingerprint density at radius 3 is 2.47 bits per heavy atom. The zero-order chi connectivity index (χ0) is 12.7. The van der Waals surface area contributed by atoms with Crippen LogP contribution in [0, 0.1) is 5.92 Å². The summed E-state index contributed by atoms with van der Waals surface area (Å²) in [6.45, 7) is 3.08. The Kier molecular flexibility index (Phi) is 5.61. The fourth-order valence-corrected chi connectivity index (χ4v) is 2.73. The molecule has 0 fully saturated rings. The van der Waals surface area contributed by atoms with Gasteiger partial charge in [0.15, 0.2) is 0 Å². The van der Waals surface area contributed by atoms with Gasteiger partial charge in [0, 0.05) is 6.54 Å². The molecule has 3 N–H and O–H groups in total. The van der Waals surface area contributed by atoms with Crippen LogP contribution in [0.4, 0.5) is 0 Å². The molecule has 4 nitrogen and oxygen atoms in total. The van der Waals surface area contributed by atoms with E-state index in [9.17, 15) is 8.42 Å². The summed E-state index contributed by atoms with van der Waals surface area (Å²) < 4.78 is 26.5. The fraction of sp³-hybridized carbons (Fsp3) is 0.500. The molecule has 1 unspecified atom stereocenters. The zero-order valence-corrected chi connectivity index (χ0v) is 10.9. The lowest BCUT2D eigenvalue weighted by molar-refractivity contribution is 0.466. The lowest BCUT2D eigenvalue weighted by Crippen LogP contribution is -2.30. The van der Waals surface area contributed by atoms with Gasteiger partial charge >= 0.3 is 0 Å². The summed E-state index contributed by atoms with van der Waals surface area (Å²) in [5.41, 5.74) is 5.48. The maximum atomic E-state index is 11.9. The summed E-state index contributed by atoms with van der Waals surface area (Å²) in [7, 11) is -3.37. The van der Waals surface area contributed by atoms with Gasteiger partial charge in [-0.05, 0) is 31.0 Å². The van der Waals surface area contributed by atoms with Gasteiger partial charge in [0.1, 0.15) is 0 Å². The van der Waals surface area contributed by atoms with Gasteiger partial charge in [-0.15, -0.1) is 0 Å². The maximum absolute atomic E-state index is 11.9. The molecule has 0 saturated heterocycles. The van der Waals surface area contributed by atoms with Gasteiger partial charge in [-0.2, -0.15) is 0 Å². The SMILES string of the molecule is CCC(CCN)CNS(=O)(=O)c1ccccc1. The number of nitrogens with two attached hydrogens (primary N) is 1. The third kappa shape index (κ3) is 4.46. The van der Waals surface area contributed by atoms with E-state index in [0.29, 0.717) is 23.9 Å². The van der Waals surface area contributed by atoms with Gasteiger partial charge in [0.2, 0.25) is 10.0 Å². The summed E-state index contributed by atoms with van der Waals surface area (Å²) in [5.74, 6) is 0.304. The third-order valence-electron chi connectivity index (χ3n) is 2.77. The molecule has 5 heteroatoms. The van der Waals surface area contributed by atoms with Gasteiger partial charge in [-0.3, -0.25) is 0 Å². The molecular weight excluding hydrogens is 236 g/mol. The Labute approximate surface area is 103 Å². The Morgan fingerprint density at radius 2 is 1.94 bits per heavy atom. The van der Waals surface area contributed by atoms with Crippen molar-refractivity contribution in [1.82, 2.24) is 4.72 Å². The number of rotatable bonds is 7. The van der Waals surface area contributed by atoms with Crippen LogP contribution in [0.15, 0.2) is 35.2 Å². The first-order valence-corrected chi connectivity index (χ1v) is 7.33. The van der Waals surface area contributed by atoms with E-state index in [0.717, 1.165) is 12.8 Å². The van der Waals surface area contributed by atoms with E-state index in [1.54, 1.807) is 30.3 Å². The van der Waals surface area contributed by atoms with E-state index in [2.05, 4.69) is 4.72 Å². The number of nitrogens with one attached hydrogen (secondary N) is 1. The fourth-order valence-electron chi connectivity index (χ4n) is 1.60. The summed E-state index contributed by atoms with van der Waals surface area (Å²) in [6, 6.07) is 8.40. The van der Waals surface area contributed by atoms with Crippen LogP contribution in [0.2, 0.25) is 0 Å². The van der Waals surface area contributed by atoms with Crippen LogP contribution in [0.5, 0.6) is 0 Å². The highest BCUT2D eigenvalue weighted by atomic mass is 32.2. The molecule has 0 aliphatic heterocycles. The van der Waals surface area contributed by atoms with Crippen LogP contribution in [-0.2, 0) is 10.0 Å². The number of hydrogen-bond acceptors (Lipinski definition) is 3.